The first-order valence-electron chi connectivity index (χ1n) is 8.18. The number of amides is 1. The van der Waals surface area contributed by atoms with Gasteiger partial charge in [0.05, 0.1) is 11.4 Å². The fourth-order valence-electron chi connectivity index (χ4n) is 2.45. The molecule has 1 aromatic heterocycles. The topological polar surface area (TPSA) is 74.8 Å². The molecule has 0 saturated heterocycles. The molecular weight excluding hydrogens is 346 g/mol. The normalized spacial score (nSPS) is 10.5. The van der Waals surface area contributed by atoms with Crippen LogP contribution in [0.4, 0.5) is 5.69 Å². The summed E-state index contributed by atoms with van der Waals surface area (Å²) in [5, 5.41) is 3.33. The van der Waals surface area contributed by atoms with Crippen molar-refractivity contribution in [3.05, 3.63) is 76.1 Å². The molecule has 5 nitrogen and oxygen atoms in total. The van der Waals surface area contributed by atoms with Crippen LogP contribution in [0.1, 0.15) is 11.1 Å². The molecule has 1 heterocycles. The van der Waals surface area contributed by atoms with Crippen LogP contribution in [0.3, 0.4) is 0 Å². The third kappa shape index (κ3) is 4.61. The molecule has 0 atom stereocenters. The Hall–Kier alpha value is -2.86. The highest BCUT2D eigenvalue weighted by molar-refractivity contribution is 7.99. The highest BCUT2D eigenvalue weighted by atomic mass is 32.2. The summed E-state index contributed by atoms with van der Waals surface area (Å²) in [7, 11) is 0. The van der Waals surface area contributed by atoms with Crippen molar-refractivity contribution in [2.75, 3.05) is 11.1 Å². The third-order valence-electron chi connectivity index (χ3n) is 3.80. The second kappa shape index (κ2) is 8.01. The van der Waals surface area contributed by atoms with Gasteiger partial charge in [0.1, 0.15) is 0 Å². The van der Waals surface area contributed by atoms with Gasteiger partial charge in [0.15, 0.2) is 5.16 Å². The summed E-state index contributed by atoms with van der Waals surface area (Å²) in [6.07, 6.45) is 0. The molecule has 0 spiro atoms. The smallest absolute Gasteiger partial charge is 0.252 e. The number of carbonyl (C=O) groups excluding carboxylic acids is 1. The first-order chi connectivity index (χ1) is 12.5. The Morgan fingerprint density at radius 2 is 1.88 bits per heavy atom. The second-order valence-corrected chi connectivity index (χ2v) is 6.92. The zero-order valence-electron chi connectivity index (χ0n) is 14.6. The number of aryl methyl sites for hydroxylation is 2. The van der Waals surface area contributed by atoms with Gasteiger partial charge >= 0.3 is 0 Å². The van der Waals surface area contributed by atoms with Crippen LogP contribution in [0.5, 0.6) is 0 Å². The van der Waals surface area contributed by atoms with Crippen molar-refractivity contribution in [3.8, 4) is 11.3 Å². The largest absolute Gasteiger partial charge is 0.325 e. The molecule has 6 heteroatoms. The molecule has 3 rings (SSSR count). The van der Waals surface area contributed by atoms with Gasteiger partial charge in [0.2, 0.25) is 5.91 Å². The van der Waals surface area contributed by atoms with E-state index in [0.717, 1.165) is 22.4 Å². The summed E-state index contributed by atoms with van der Waals surface area (Å²) in [6.45, 7) is 3.93. The van der Waals surface area contributed by atoms with E-state index >= 15 is 0 Å². The zero-order chi connectivity index (χ0) is 18.5. The number of rotatable bonds is 5. The van der Waals surface area contributed by atoms with E-state index in [1.54, 1.807) is 0 Å². The van der Waals surface area contributed by atoms with E-state index in [-0.39, 0.29) is 17.2 Å². The Balaban J connectivity index is 1.69. The van der Waals surface area contributed by atoms with Gasteiger partial charge in [-0.05, 0) is 31.0 Å². The van der Waals surface area contributed by atoms with E-state index < -0.39 is 0 Å². The summed E-state index contributed by atoms with van der Waals surface area (Å²) in [5.41, 5.74) is 4.10. The Labute approximate surface area is 155 Å². The van der Waals surface area contributed by atoms with Crippen LogP contribution in [0.2, 0.25) is 0 Å². The lowest BCUT2D eigenvalue weighted by molar-refractivity contribution is -0.113. The van der Waals surface area contributed by atoms with Gasteiger partial charge in [-0.3, -0.25) is 9.59 Å². The molecule has 0 saturated carbocycles. The summed E-state index contributed by atoms with van der Waals surface area (Å²) in [4.78, 5) is 31.2. The second-order valence-electron chi connectivity index (χ2n) is 5.96. The Bertz CT molecular complexity index is 984. The molecule has 26 heavy (non-hydrogen) atoms. The van der Waals surface area contributed by atoms with Gasteiger partial charge in [-0.2, -0.15) is 0 Å². The average molecular weight is 365 g/mol. The molecule has 0 bridgehead atoms. The first-order valence-corrected chi connectivity index (χ1v) is 9.16. The number of carbonyl (C=O) groups is 1. The van der Waals surface area contributed by atoms with Crippen molar-refractivity contribution in [2.45, 2.75) is 19.0 Å². The minimum absolute atomic E-state index is 0.142. The molecular formula is C20H19N3O2S. The molecule has 0 aliphatic heterocycles. The van der Waals surface area contributed by atoms with E-state index in [0.29, 0.717) is 10.9 Å². The number of nitrogens with one attached hydrogen (secondary N) is 2. The monoisotopic (exact) mass is 365 g/mol. The Morgan fingerprint density at radius 3 is 2.65 bits per heavy atom. The first kappa shape index (κ1) is 17.9. The summed E-state index contributed by atoms with van der Waals surface area (Å²) >= 11 is 1.20. The van der Waals surface area contributed by atoms with E-state index in [1.165, 1.54) is 17.8 Å². The molecule has 0 aliphatic rings. The van der Waals surface area contributed by atoms with Crippen molar-refractivity contribution in [3.63, 3.8) is 0 Å². The van der Waals surface area contributed by atoms with Crippen LogP contribution < -0.4 is 10.9 Å². The Morgan fingerprint density at radius 1 is 1.12 bits per heavy atom. The van der Waals surface area contributed by atoms with Gasteiger partial charge in [-0.15, -0.1) is 0 Å². The summed E-state index contributed by atoms with van der Waals surface area (Å²) in [6, 6.07) is 16.8. The molecule has 0 unspecified atom stereocenters. The predicted molar refractivity (Wildman–Crippen MR) is 106 cm³/mol. The van der Waals surface area contributed by atoms with Crippen molar-refractivity contribution in [1.29, 1.82) is 0 Å². The van der Waals surface area contributed by atoms with Crippen molar-refractivity contribution < 1.29 is 4.79 Å². The van der Waals surface area contributed by atoms with Crippen molar-refractivity contribution in [2.24, 2.45) is 0 Å². The van der Waals surface area contributed by atoms with Gasteiger partial charge < -0.3 is 10.3 Å². The minimum Gasteiger partial charge on any atom is -0.325 e. The number of aromatic amines is 1. The number of aromatic nitrogens is 2. The van der Waals surface area contributed by atoms with Gasteiger partial charge in [-0.25, -0.2) is 4.98 Å². The van der Waals surface area contributed by atoms with Crippen LogP contribution in [0, 0.1) is 13.8 Å². The fraction of sp³-hybridized carbons (Fsp3) is 0.150. The molecule has 3 aromatic rings. The van der Waals surface area contributed by atoms with Crippen molar-refractivity contribution >= 4 is 23.4 Å². The van der Waals surface area contributed by atoms with Crippen LogP contribution >= 0.6 is 11.8 Å². The number of benzene rings is 2. The lowest BCUT2D eigenvalue weighted by atomic mass is 10.1. The summed E-state index contributed by atoms with van der Waals surface area (Å²) < 4.78 is 0. The molecule has 0 fully saturated rings. The standard InChI is InChI=1S/C20H19N3O2S/c1-13-8-9-14(2)16(10-13)21-19(25)12-26-20-22-17(11-18(24)23-20)15-6-4-3-5-7-15/h3-11H,12H2,1-2H3,(H,21,25)(H,22,23,24). The number of anilines is 1. The molecule has 1 amide bonds. The van der Waals surface area contributed by atoms with Crippen LogP contribution in [-0.2, 0) is 4.79 Å². The van der Waals surface area contributed by atoms with E-state index in [2.05, 4.69) is 15.3 Å². The van der Waals surface area contributed by atoms with E-state index in [9.17, 15) is 9.59 Å². The van der Waals surface area contributed by atoms with Gasteiger partial charge in [-0.1, -0.05) is 54.2 Å². The minimum atomic E-state index is -0.240. The lowest BCUT2D eigenvalue weighted by Gasteiger charge is -2.09. The zero-order valence-corrected chi connectivity index (χ0v) is 15.4. The van der Waals surface area contributed by atoms with Crippen LogP contribution in [0.25, 0.3) is 11.3 Å². The maximum absolute atomic E-state index is 12.2. The summed E-state index contributed by atoms with van der Waals surface area (Å²) in [5.74, 6) is 0.0191. The number of H-pyrrole nitrogens is 1. The number of thioether (sulfide) groups is 1. The maximum Gasteiger partial charge on any atom is 0.252 e. The van der Waals surface area contributed by atoms with Gasteiger partial charge in [0, 0.05) is 17.3 Å². The Kier molecular flexibility index (Phi) is 5.53. The predicted octanol–water partition coefficient (Wildman–Crippen LogP) is 3.78. The SMILES string of the molecule is Cc1ccc(C)c(NC(=O)CSc2nc(-c3ccccc3)cc(=O)[nH]2)c1. The van der Waals surface area contributed by atoms with E-state index in [1.807, 2.05) is 62.4 Å². The van der Waals surface area contributed by atoms with Crippen LogP contribution in [-0.4, -0.2) is 21.6 Å². The number of nitrogens with zero attached hydrogens (tertiary/aromatic N) is 1. The lowest BCUT2D eigenvalue weighted by Crippen LogP contribution is -2.16. The quantitative estimate of drug-likeness (QED) is 0.533. The van der Waals surface area contributed by atoms with Crippen LogP contribution in [0.15, 0.2) is 64.5 Å². The number of hydrogen-bond acceptors (Lipinski definition) is 4. The molecule has 2 N–H and O–H groups in total. The highest BCUT2D eigenvalue weighted by Crippen LogP contribution is 2.20. The number of hydrogen-bond donors (Lipinski definition) is 2. The molecule has 132 valence electrons. The molecule has 0 radical (unpaired) electrons. The third-order valence-corrected chi connectivity index (χ3v) is 4.67. The van der Waals surface area contributed by atoms with E-state index in [4.69, 9.17) is 0 Å². The maximum atomic E-state index is 12.2. The average Bonchev–Trinajstić information content (AvgIpc) is 2.63. The van der Waals surface area contributed by atoms with Gasteiger partial charge in [0.25, 0.3) is 5.56 Å². The van der Waals surface area contributed by atoms with Crippen molar-refractivity contribution in [1.82, 2.24) is 9.97 Å². The molecule has 0 aliphatic carbocycles. The molecule has 2 aromatic carbocycles. The highest BCUT2D eigenvalue weighted by Gasteiger charge is 2.09. The fourth-order valence-corrected chi connectivity index (χ4v) is 3.13.